The first-order valence-corrected chi connectivity index (χ1v) is 8.85. The Morgan fingerprint density at radius 1 is 1.22 bits per heavy atom. The van der Waals surface area contributed by atoms with Crippen molar-refractivity contribution in [2.75, 3.05) is 13.1 Å². The molecule has 0 bridgehead atoms. The van der Waals surface area contributed by atoms with Crippen LogP contribution in [0, 0.1) is 5.92 Å². The van der Waals surface area contributed by atoms with E-state index in [-0.39, 0.29) is 5.91 Å². The molecule has 0 atom stereocenters. The van der Waals surface area contributed by atoms with Crippen LogP contribution in [0.3, 0.4) is 0 Å². The molecule has 0 saturated carbocycles. The summed E-state index contributed by atoms with van der Waals surface area (Å²) in [5.41, 5.74) is 1.72. The summed E-state index contributed by atoms with van der Waals surface area (Å²) in [6.45, 7) is 4.00. The highest BCUT2D eigenvalue weighted by Gasteiger charge is 2.21. The summed E-state index contributed by atoms with van der Waals surface area (Å²) in [4.78, 5) is 19.3. The standard InChI is InChI=1S/C18H19N3OS/c1-13-6-10-20(11-7-13)17(22)14-4-5-15-16(12-14)23-18(19-15)21-8-2-3-9-21/h2-5,8-9,12-13H,6-7,10-11H2,1H3. The van der Waals surface area contributed by atoms with Crippen LogP contribution in [-0.2, 0) is 0 Å². The fraction of sp³-hybridized carbons (Fsp3) is 0.333. The van der Waals surface area contributed by atoms with E-state index in [1.54, 1.807) is 11.3 Å². The van der Waals surface area contributed by atoms with Gasteiger partial charge in [0, 0.05) is 31.0 Å². The summed E-state index contributed by atoms with van der Waals surface area (Å²) in [5, 5.41) is 0.932. The van der Waals surface area contributed by atoms with Crippen LogP contribution in [0.15, 0.2) is 42.7 Å². The molecule has 1 amide bonds. The van der Waals surface area contributed by atoms with E-state index in [2.05, 4.69) is 11.9 Å². The Morgan fingerprint density at radius 2 is 1.96 bits per heavy atom. The molecule has 3 heterocycles. The van der Waals surface area contributed by atoms with Crippen molar-refractivity contribution in [3.8, 4) is 5.13 Å². The minimum Gasteiger partial charge on any atom is -0.339 e. The minimum absolute atomic E-state index is 0.148. The van der Waals surface area contributed by atoms with Gasteiger partial charge in [0.1, 0.15) is 0 Å². The second-order valence-corrected chi connectivity index (χ2v) is 7.25. The maximum absolute atomic E-state index is 12.7. The number of likely N-dealkylation sites (tertiary alicyclic amines) is 1. The maximum atomic E-state index is 12.7. The van der Waals surface area contributed by atoms with Crippen molar-refractivity contribution in [1.82, 2.24) is 14.5 Å². The molecule has 1 aliphatic heterocycles. The predicted molar refractivity (Wildman–Crippen MR) is 93.2 cm³/mol. The normalized spacial score (nSPS) is 16.1. The monoisotopic (exact) mass is 325 g/mol. The topological polar surface area (TPSA) is 38.1 Å². The fourth-order valence-electron chi connectivity index (χ4n) is 3.01. The van der Waals surface area contributed by atoms with Gasteiger partial charge < -0.3 is 9.47 Å². The van der Waals surface area contributed by atoms with Gasteiger partial charge >= 0.3 is 0 Å². The number of hydrogen-bond acceptors (Lipinski definition) is 3. The van der Waals surface area contributed by atoms with E-state index in [0.717, 1.165) is 52.8 Å². The molecule has 0 spiro atoms. The number of amides is 1. The first-order chi connectivity index (χ1) is 11.2. The van der Waals surface area contributed by atoms with Gasteiger partial charge in [0.15, 0.2) is 5.13 Å². The van der Waals surface area contributed by atoms with Crippen molar-refractivity contribution >= 4 is 27.5 Å². The lowest BCUT2D eigenvalue weighted by molar-refractivity contribution is 0.0697. The Bertz CT molecular complexity index is 829. The number of thiazole rings is 1. The number of benzene rings is 1. The lowest BCUT2D eigenvalue weighted by Crippen LogP contribution is -2.37. The van der Waals surface area contributed by atoms with Gasteiger partial charge in [-0.25, -0.2) is 4.98 Å². The first kappa shape index (κ1) is 14.5. The highest BCUT2D eigenvalue weighted by molar-refractivity contribution is 7.20. The van der Waals surface area contributed by atoms with Gasteiger partial charge in [-0.15, -0.1) is 0 Å². The second-order valence-electron chi connectivity index (χ2n) is 6.24. The minimum atomic E-state index is 0.148. The Balaban J connectivity index is 1.62. The molecule has 23 heavy (non-hydrogen) atoms. The number of nitrogens with zero attached hydrogens (tertiary/aromatic N) is 3. The molecular weight excluding hydrogens is 306 g/mol. The van der Waals surface area contributed by atoms with Crippen LogP contribution in [0.1, 0.15) is 30.1 Å². The van der Waals surface area contributed by atoms with Crippen LogP contribution < -0.4 is 0 Å². The van der Waals surface area contributed by atoms with Gasteiger partial charge in [0.2, 0.25) is 0 Å². The third-order valence-electron chi connectivity index (χ3n) is 4.52. The molecule has 2 aromatic heterocycles. The lowest BCUT2D eigenvalue weighted by atomic mass is 9.98. The highest BCUT2D eigenvalue weighted by Crippen LogP contribution is 2.27. The molecule has 1 aliphatic rings. The number of carbonyl (C=O) groups is 1. The van der Waals surface area contributed by atoms with E-state index >= 15 is 0 Å². The van der Waals surface area contributed by atoms with E-state index in [0.29, 0.717) is 0 Å². The lowest BCUT2D eigenvalue weighted by Gasteiger charge is -2.30. The molecule has 1 fully saturated rings. The molecule has 5 heteroatoms. The Kier molecular flexibility index (Phi) is 3.65. The smallest absolute Gasteiger partial charge is 0.253 e. The van der Waals surface area contributed by atoms with Crippen molar-refractivity contribution < 1.29 is 4.79 Å². The third kappa shape index (κ3) is 2.77. The second kappa shape index (κ2) is 5.81. The van der Waals surface area contributed by atoms with Gasteiger partial charge in [-0.05, 0) is 49.1 Å². The van der Waals surface area contributed by atoms with E-state index < -0.39 is 0 Å². The summed E-state index contributed by atoms with van der Waals surface area (Å²) in [6, 6.07) is 9.82. The van der Waals surface area contributed by atoms with Crippen LogP contribution >= 0.6 is 11.3 Å². The molecule has 1 saturated heterocycles. The summed E-state index contributed by atoms with van der Waals surface area (Å²) >= 11 is 1.61. The van der Waals surface area contributed by atoms with Crippen LogP contribution in [0.2, 0.25) is 0 Å². The molecule has 1 aromatic carbocycles. The number of piperidine rings is 1. The van der Waals surface area contributed by atoms with Crippen LogP contribution in [0.5, 0.6) is 0 Å². The number of carbonyl (C=O) groups excluding carboxylic acids is 1. The van der Waals surface area contributed by atoms with Crippen LogP contribution in [-0.4, -0.2) is 33.4 Å². The highest BCUT2D eigenvalue weighted by atomic mass is 32.1. The predicted octanol–water partition coefficient (Wildman–Crippen LogP) is 3.96. The molecule has 3 aromatic rings. The van der Waals surface area contributed by atoms with Gasteiger partial charge in [-0.3, -0.25) is 4.79 Å². The summed E-state index contributed by atoms with van der Waals surface area (Å²) in [5.74, 6) is 0.877. The van der Waals surface area contributed by atoms with Crippen molar-refractivity contribution in [3.05, 3.63) is 48.3 Å². The molecule has 0 radical (unpaired) electrons. The molecule has 0 aliphatic carbocycles. The zero-order chi connectivity index (χ0) is 15.8. The summed E-state index contributed by atoms with van der Waals surface area (Å²) in [6.07, 6.45) is 6.18. The van der Waals surface area contributed by atoms with Gasteiger partial charge in [0.05, 0.1) is 10.2 Å². The molecule has 118 valence electrons. The number of fused-ring (bicyclic) bond motifs is 1. The number of rotatable bonds is 2. The zero-order valence-corrected chi connectivity index (χ0v) is 13.9. The molecular formula is C18H19N3OS. The van der Waals surface area contributed by atoms with Crippen molar-refractivity contribution in [3.63, 3.8) is 0 Å². The maximum Gasteiger partial charge on any atom is 0.253 e. The average Bonchev–Trinajstić information content (AvgIpc) is 3.23. The van der Waals surface area contributed by atoms with E-state index in [1.165, 1.54) is 0 Å². The first-order valence-electron chi connectivity index (χ1n) is 8.04. The largest absolute Gasteiger partial charge is 0.339 e. The van der Waals surface area contributed by atoms with Gasteiger partial charge in [-0.1, -0.05) is 18.3 Å². The van der Waals surface area contributed by atoms with Crippen LogP contribution in [0.25, 0.3) is 15.3 Å². The molecule has 0 N–H and O–H groups in total. The van der Waals surface area contributed by atoms with Gasteiger partial charge in [0.25, 0.3) is 5.91 Å². The summed E-state index contributed by atoms with van der Waals surface area (Å²) < 4.78 is 3.06. The Hall–Kier alpha value is -2.14. The Labute approximate surface area is 139 Å². The van der Waals surface area contributed by atoms with Crippen molar-refractivity contribution in [2.24, 2.45) is 5.92 Å². The average molecular weight is 325 g/mol. The van der Waals surface area contributed by atoms with E-state index in [1.807, 2.05) is 52.2 Å². The quantitative estimate of drug-likeness (QED) is 0.715. The Morgan fingerprint density at radius 3 is 2.70 bits per heavy atom. The van der Waals surface area contributed by atoms with Crippen LogP contribution in [0.4, 0.5) is 0 Å². The number of aromatic nitrogens is 2. The zero-order valence-electron chi connectivity index (χ0n) is 13.1. The molecule has 4 rings (SSSR count). The fourth-order valence-corrected chi connectivity index (χ4v) is 3.98. The van der Waals surface area contributed by atoms with E-state index in [9.17, 15) is 4.79 Å². The SMILES string of the molecule is CC1CCN(C(=O)c2ccc3nc(-n4cccc4)sc3c2)CC1. The van der Waals surface area contributed by atoms with Gasteiger partial charge in [-0.2, -0.15) is 0 Å². The van der Waals surface area contributed by atoms with Crippen molar-refractivity contribution in [1.29, 1.82) is 0 Å². The molecule has 4 nitrogen and oxygen atoms in total. The third-order valence-corrected chi connectivity index (χ3v) is 5.55. The number of hydrogen-bond donors (Lipinski definition) is 0. The van der Waals surface area contributed by atoms with Crippen molar-refractivity contribution in [2.45, 2.75) is 19.8 Å². The van der Waals surface area contributed by atoms with E-state index in [4.69, 9.17) is 0 Å². The summed E-state index contributed by atoms with van der Waals surface area (Å²) in [7, 11) is 0. The molecule has 0 unspecified atom stereocenters.